The van der Waals surface area contributed by atoms with Crippen LogP contribution in [0.1, 0.15) is 44.0 Å². The Morgan fingerprint density at radius 3 is 2.38 bits per heavy atom. The maximum atomic E-state index is 13.6. The highest BCUT2D eigenvalue weighted by Gasteiger charge is 2.43. The zero-order valence-corrected chi connectivity index (χ0v) is 27.3. The van der Waals surface area contributed by atoms with Gasteiger partial charge >= 0.3 is 11.9 Å². The number of carbonyl (C=O) groups is 6. The Hall–Kier alpha value is -3.92. The summed E-state index contributed by atoms with van der Waals surface area (Å²) in [6.07, 6.45) is -1.18. The zero-order chi connectivity index (χ0) is 34.4. The monoisotopic (exact) mass is 658 g/mol. The minimum absolute atomic E-state index is 0.0493. The molecule has 4 rings (SSSR count). The zero-order valence-electron chi connectivity index (χ0n) is 27.3. The van der Waals surface area contributed by atoms with Gasteiger partial charge in [-0.25, -0.2) is 4.79 Å². The van der Waals surface area contributed by atoms with Gasteiger partial charge in [-0.1, -0.05) is 37.3 Å². The van der Waals surface area contributed by atoms with Gasteiger partial charge in [-0.15, -0.1) is 0 Å². The summed E-state index contributed by atoms with van der Waals surface area (Å²) in [7, 11) is 1.84. The molecule has 258 valence electrons. The summed E-state index contributed by atoms with van der Waals surface area (Å²) in [5.74, 6) is -3.40. The van der Waals surface area contributed by atoms with Crippen molar-refractivity contribution in [2.24, 2.45) is 11.7 Å². The minimum atomic E-state index is -1.37. The summed E-state index contributed by atoms with van der Waals surface area (Å²) in [6.45, 7) is 6.00. The Labute approximate surface area is 274 Å². The van der Waals surface area contributed by atoms with E-state index in [1.165, 1.54) is 23.6 Å². The number of piperazine rings is 1. The number of ketones is 1. The van der Waals surface area contributed by atoms with Crippen LogP contribution in [0, 0.1) is 5.92 Å². The van der Waals surface area contributed by atoms with Crippen LogP contribution in [0.4, 0.5) is 0 Å². The molecule has 1 aromatic rings. The van der Waals surface area contributed by atoms with Crippen LogP contribution in [0.25, 0.3) is 0 Å². The number of ether oxygens (including phenoxy) is 2. The number of hydrogen-bond donors (Lipinski definition) is 4. The van der Waals surface area contributed by atoms with Crippen molar-refractivity contribution in [2.75, 3.05) is 46.4 Å². The number of nitrogens with one attached hydrogen (secondary N) is 2. The number of nitrogens with zero attached hydrogens (tertiary/aromatic N) is 3. The molecule has 0 saturated carbocycles. The van der Waals surface area contributed by atoms with Gasteiger partial charge in [-0.05, 0) is 39.7 Å². The molecular formula is C32H46N6O9. The molecule has 3 aliphatic heterocycles. The van der Waals surface area contributed by atoms with E-state index in [4.69, 9.17) is 15.2 Å². The molecule has 3 fully saturated rings. The Balaban J connectivity index is 1.32. The summed E-state index contributed by atoms with van der Waals surface area (Å²) in [5.41, 5.74) is 6.35. The number of likely N-dealkylation sites (tertiary alicyclic amines) is 1. The molecule has 1 aromatic carbocycles. The number of rotatable bonds is 11. The van der Waals surface area contributed by atoms with E-state index in [1.54, 1.807) is 30.3 Å². The van der Waals surface area contributed by atoms with Gasteiger partial charge in [0.2, 0.25) is 17.7 Å². The summed E-state index contributed by atoms with van der Waals surface area (Å²) < 4.78 is 10.6. The number of carbonyl (C=O) groups excluding carboxylic acids is 6. The third-order valence-corrected chi connectivity index (χ3v) is 8.89. The molecule has 3 saturated heterocycles. The van der Waals surface area contributed by atoms with Crippen molar-refractivity contribution in [1.29, 1.82) is 0 Å². The molecule has 0 spiro atoms. The van der Waals surface area contributed by atoms with Crippen LogP contribution in [0.3, 0.4) is 0 Å². The number of benzene rings is 1. The highest BCUT2D eigenvalue weighted by molar-refractivity contribution is 5.98. The number of likely N-dealkylation sites (N-methyl/N-ethyl adjacent to an activating group) is 1. The van der Waals surface area contributed by atoms with E-state index in [0.29, 0.717) is 31.6 Å². The minimum Gasteiger partial charge on any atom is -0.459 e. The van der Waals surface area contributed by atoms with Crippen LogP contribution >= 0.6 is 0 Å². The molecule has 8 atom stereocenters. The lowest BCUT2D eigenvalue weighted by Gasteiger charge is -2.40. The van der Waals surface area contributed by atoms with Crippen LogP contribution < -0.4 is 16.4 Å². The fourth-order valence-electron chi connectivity index (χ4n) is 6.11. The van der Waals surface area contributed by atoms with E-state index in [9.17, 15) is 33.9 Å². The number of esters is 2. The van der Waals surface area contributed by atoms with E-state index in [-0.39, 0.29) is 31.3 Å². The average molecular weight is 659 g/mol. The highest BCUT2D eigenvalue weighted by Crippen LogP contribution is 2.25. The maximum absolute atomic E-state index is 13.6. The molecule has 0 aromatic heterocycles. The van der Waals surface area contributed by atoms with Crippen LogP contribution in [0.5, 0.6) is 0 Å². The predicted octanol–water partition coefficient (Wildman–Crippen LogP) is -1.72. The second kappa shape index (κ2) is 15.8. The highest BCUT2D eigenvalue weighted by atomic mass is 16.6. The summed E-state index contributed by atoms with van der Waals surface area (Å²) in [6, 6.07) is 3.51. The first-order valence-electron chi connectivity index (χ1n) is 16.0. The molecule has 15 nitrogen and oxygen atoms in total. The Bertz CT molecular complexity index is 1330. The third-order valence-electron chi connectivity index (χ3n) is 8.89. The van der Waals surface area contributed by atoms with E-state index < -0.39 is 78.6 Å². The van der Waals surface area contributed by atoms with Crippen molar-refractivity contribution in [1.82, 2.24) is 25.3 Å². The van der Waals surface area contributed by atoms with Crippen molar-refractivity contribution in [3.8, 4) is 0 Å². The van der Waals surface area contributed by atoms with Crippen LogP contribution in [0.15, 0.2) is 30.3 Å². The maximum Gasteiger partial charge on any atom is 0.329 e. The first-order chi connectivity index (χ1) is 22.3. The van der Waals surface area contributed by atoms with Crippen molar-refractivity contribution in [3.05, 3.63) is 35.9 Å². The molecule has 0 bridgehead atoms. The molecule has 3 amide bonds. The third kappa shape index (κ3) is 8.91. The molecule has 47 heavy (non-hydrogen) atoms. The Morgan fingerprint density at radius 2 is 1.72 bits per heavy atom. The largest absolute Gasteiger partial charge is 0.459 e. The number of hydrogen-bond acceptors (Lipinski definition) is 12. The molecule has 0 radical (unpaired) electrons. The van der Waals surface area contributed by atoms with E-state index in [1.807, 2.05) is 18.9 Å². The number of β-amino-alcohol motifs (C(OH)–C–C–N with tert-alkyl or cyclic N) is 1. The van der Waals surface area contributed by atoms with Crippen LogP contribution in [0.2, 0.25) is 0 Å². The topological polar surface area (TPSA) is 201 Å². The van der Waals surface area contributed by atoms with Gasteiger partial charge in [0.25, 0.3) is 0 Å². The van der Waals surface area contributed by atoms with Gasteiger partial charge < -0.3 is 45.6 Å². The second-order valence-corrected chi connectivity index (χ2v) is 12.8. The average Bonchev–Trinajstić information content (AvgIpc) is 3.67. The molecule has 0 unspecified atom stereocenters. The van der Waals surface area contributed by atoms with Crippen molar-refractivity contribution in [3.63, 3.8) is 0 Å². The normalized spacial score (nSPS) is 26.6. The van der Waals surface area contributed by atoms with Gasteiger partial charge in [0.05, 0.1) is 12.1 Å². The number of nitrogens with two attached hydrogens (primary N) is 1. The quantitative estimate of drug-likeness (QED) is 0.155. The van der Waals surface area contributed by atoms with E-state index >= 15 is 0 Å². The van der Waals surface area contributed by atoms with Gasteiger partial charge in [-0.3, -0.25) is 24.0 Å². The van der Waals surface area contributed by atoms with Gasteiger partial charge in [0.1, 0.15) is 30.3 Å². The number of amides is 3. The Kier molecular flexibility index (Phi) is 12.1. The first kappa shape index (κ1) is 35.9. The van der Waals surface area contributed by atoms with Gasteiger partial charge in [0.15, 0.2) is 12.4 Å². The summed E-state index contributed by atoms with van der Waals surface area (Å²) in [5, 5.41) is 15.6. The lowest BCUT2D eigenvalue weighted by Crippen LogP contribution is -2.63. The molecular weight excluding hydrogens is 612 g/mol. The molecule has 5 N–H and O–H groups in total. The first-order valence-corrected chi connectivity index (χ1v) is 16.0. The molecule has 0 aliphatic carbocycles. The molecule has 15 heteroatoms. The standard InChI is InChI=1S/C32H46N6O9/c1-18-12-24(31(44)47-20(3)27(33)32(45)46-17-26(40)21-8-6-5-7-9-21)38(15-18)29(42)19(2)35-28(41)25-16-36(4)10-11-37(25)30(43)23-13-22(39)14-34-23/h5-9,18-20,22-25,27,34,39H,10-17,33H2,1-4H3,(H,35,41)/t18-,19+,20+,22-,23+,24+,25+,27+/m1/s1. The lowest BCUT2D eigenvalue weighted by atomic mass is 10.1. The predicted molar refractivity (Wildman–Crippen MR) is 168 cm³/mol. The SMILES string of the molecule is C[C@@H]1C[C@@H](C(=O)O[C@@H](C)[C@H](N)C(=O)OCC(=O)c2ccccc2)N(C(=O)[C@H](C)NC(=O)[C@@H]2CN(C)CCN2C(=O)[C@@H]2C[C@@H](O)CN2)C1. The van der Waals surface area contributed by atoms with E-state index in [2.05, 4.69) is 10.6 Å². The van der Waals surface area contributed by atoms with Crippen LogP contribution in [-0.2, 0) is 33.4 Å². The number of aliphatic hydroxyl groups excluding tert-OH is 1. The Morgan fingerprint density at radius 1 is 1.02 bits per heavy atom. The van der Waals surface area contributed by atoms with Gasteiger partial charge in [-0.2, -0.15) is 0 Å². The summed E-state index contributed by atoms with van der Waals surface area (Å²) in [4.78, 5) is 83.1. The van der Waals surface area contributed by atoms with E-state index in [0.717, 1.165) is 0 Å². The lowest BCUT2D eigenvalue weighted by molar-refractivity contribution is -0.162. The molecule has 3 heterocycles. The number of aliphatic hydroxyl groups is 1. The van der Waals surface area contributed by atoms with Crippen molar-refractivity contribution < 1.29 is 43.3 Å². The van der Waals surface area contributed by atoms with Gasteiger partial charge in [0, 0.05) is 38.3 Å². The fraction of sp³-hybridized carbons (Fsp3) is 0.625. The molecule has 3 aliphatic rings. The number of Topliss-reactive ketones (excluding diaryl/α,β-unsaturated/α-hetero) is 1. The second-order valence-electron chi connectivity index (χ2n) is 12.8. The van der Waals surface area contributed by atoms with Crippen molar-refractivity contribution >= 4 is 35.4 Å². The van der Waals surface area contributed by atoms with Crippen molar-refractivity contribution in [2.45, 2.75) is 76.0 Å². The fourth-order valence-corrected chi connectivity index (χ4v) is 6.11. The summed E-state index contributed by atoms with van der Waals surface area (Å²) >= 11 is 0. The van der Waals surface area contributed by atoms with Crippen LogP contribution in [-0.4, -0.2) is 144 Å². The smallest absolute Gasteiger partial charge is 0.329 e.